The van der Waals surface area contributed by atoms with E-state index in [1.54, 1.807) is 20.8 Å². The Labute approximate surface area is 321 Å². The molecule has 1 atom stereocenters. The highest BCUT2D eigenvalue weighted by Gasteiger charge is 2.33. The molecule has 8 heteroatoms. The third-order valence-electron chi connectivity index (χ3n) is 9.85. The van der Waals surface area contributed by atoms with Crippen molar-refractivity contribution in [3.63, 3.8) is 0 Å². The number of carbonyl (C=O) groups excluding carboxylic acids is 2. The Bertz CT molecular complexity index is 1600. The van der Waals surface area contributed by atoms with Crippen molar-refractivity contribution in [2.45, 2.75) is 136 Å². The smallest absolute Gasteiger partial charge is 0.338 e. The van der Waals surface area contributed by atoms with Gasteiger partial charge in [0.1, 0.15) is 23.9 Å². The second-order valence-corrected chi connectivity index (χ2v) is 17.8. The van der Waals surface area contributed by atoms with Crippen LogP contribution in [0.5, 0.6) is 11.5 Å². The fourth-order valence-electron chi connectivity index (χ4n) is 6.82. The molecule has 0 aliphatic heterocycles. The van der Waals surface area contributed by atoms with Crippen LogP contribution < -0.4 is 9.47 Å². The minimum Gasteiger partial charge on any atom is -0.489 e. The first-order valence-corrected chi connectivity index (χ1v) is 21.0. The molecule has 0 heterocycles. The average molecular weight is 749 g/mol. The van der Waals surface area contributed by atoms with Gasteiger partial charge in [0.05, 0.1) is 5.75 Å². The van der Waals surface area contributed by atoms with Crippen molar-refractivity contribution in [2.24, 2.45) is 0 Å². The normalized spacial score (nSPS) is 17.1. The van der Waals surface area contributed by atoms with Gasteiger partial charge in [-0.05, 0) is 139 Å². The Balaban J connectivity index is 1.53. The van der Waals surface area contributed by atoms with Gasteiger partial charge >= 0.3 is 11.9 Å². The van der Waals surface area contributed by atoms with Crippen molar-refractivity contribution < 1.29 is 28.5 Å². The zero-order valence-electron chi connectivity index (χ0n) is 32.8. The van der Waals surface area contributed by atoms with Crippen molar-refractivity contribution in [3.8, 4) is 22.6 Å². The molecule has 0 N–H and O–H groups in total. The summed E-state index contributed by atoms with van der Waals surface area (Å²) < 4.78 is 24.8. The molecule has 2 aromatic carbocycles. The molecule has 2 aliphatic carbocycles. The summed E-state index contributed by atoms with van der Waals surface area (Å²) in [7, 11) is 0. The molecule has 0 radical (unpaired) electrons. The van der Waals surface area contributed by atoms with Gasteiger partial charge in [0, 0.05) is 27.4 Å². The standard InChI is InChI=1S/C44H60O6S2/c1-28(2)42(45)48-34(9)39(25-51-37-17-13-11-14-18-37)49-41-32(7)23-36(24-33(41)8)35-21-30(5)40(31(6)22-35)47-26-44(10,50-43(46)29(3)4)27-52-38-19-15-12-16-20-38/h21-24,37-38H,1,3,11-20,25-27H2,2,4-10H3. The summed E-state index contributed by atoms with van der Waals surface area (Å²) in [4.78, 5) is 25.1. The predicted molar refractivity (Wildman–Crippen MR) is 219 cm³/mol. The quantitative estimate of drug-likeness (QED) is 0.0955. The van der Waals surface area contributed by atoms with Gasteiger partial charge in [-0.15, -0.1) is 0 Å². The maximum absolute atomic E-state index is 12.7. The molecule has 0 amide bonds. The van der Waals surface area contributed by atoms with Gasteiger partial charge < -0.3 is 18.9 Å². The second kappa shape index (κ2) is 19.3. The topological polar surface area (TPSA) is 71.1 Å². The molecule has 1 unspecified atom stereocenters. The van der Waals surface area contributed by atoms with Crippen LogP contribution in [0.25, 0.3) is 11.1 Å². The number of aryl methyl sites for hydroxylation is 4. The molecule has 0 spiro atoms. The lowest BCUT2D eigenvalue weighted by Gasteiger charge is -2.32. The maximum atomic E-state index is 12.7. The highest BCUT2D eigenvalue weighted by molar-refractivity contribution is 8.00. The number of carbonyl (C=O) groups is 2. The SMILES string of the molecule is C=C(C)C(=O)OC(C)=C(CSC1CCCCC1)Oc1c(C)cc(-c2cc(C)c(OCC(C)(CSC3CCCCC3)OC(=O)C(=C)C)c(C)c2)cc1C. The van der Waals surface area contributed by atoms with Gasteiger partial charge in [0.25, 0.3) is 0 Å². The van der Waals surface area contributed by atoms with Crippen LogP contribution in [0, 0.1) is 27.7 Å². The van der Waals surface area contributed by atoms with Gasteiger partial charge in [0.2, 0.25) is 0 Å². The molecule has 4 rings (SSSR count). The summed E-state index contributed by atoms with van der Waals surface area (Å²) in [5.41, 5.74) is 6.13. The van der Waals surface area contributed by atoms with Crippen molar-refractivity contribution in [1.82, 2.24) is 0 Å². The van der Waals surface area contributed by atoms with E-state index in [0.29, 0.717) is 44.7 Å². The third kappa shape index (κ3) is 12.0. The zero-order chi connectivity index (χ0) is 38.0. The highest BCUT2D eigenvalue weighted by atomic mass is 32.2. The second-order valence-electron chi connectivity index (χ2n) is 15.2. The summed E-state index contributed by atoms with van der Waals surface area (Å²) in [5, 5.41) is 1.18. The van der Waals surface area contributed by atoms with Gasteiger partial charge in [-0.2, -0.15) is 23.5 Å². The van der Waals surface area contributed by atoms with Gasteiger partial charge in [-0.25, -0.2) is 9.59 Å². The first-order valence-electron chi connectivity index (χ1n) is 18.9. The van der Waals surface area contributed by atoms with E-state index in [1.165, 1.54) is 64.2 Å². The number of rotatable bonds is 16. The van der Waals surface area contributed by atoms with Crippen LogP contribution in [0.1, 0.15) is 114 Å². The molecule has 6 nitrogen and oxygen atoms in total. The molecule has 2 fully saturated rings. The summed E-state index contributed by atoms with van der Waals surface area (Å²) in [6.45, 7) is 23.1. The summed E-state index contributed by atoms with van der Waals surface area (Å²) in [6.07, 6.45) is 12.5. The number of ether oxygens (including phenoxy) is 4. The Morgan fingerprint density at radius 3 is 1.65 bits per heavy atom. The molecule has 284 valence electrons. The third-order valence-corrected chi connectivity index (χ3v) is 12.9. The first kappa shape index (κ1) is 41.7. The van der Waals surface area contributed by atoms with E-state index < -0.39 is 11.6 Å². The van der Waals surface area contributed by atoms with Crippen LogP contribution in [0.15, 0.2) is 60.1 Å². The minimum absolute atomic E-state index is 0.257. The number of hydrogen-bond donors (Lipinski definition) is 0. The average Bonchev–Trinajstić information content (AvgIpc) is 3.10. The van der Waals surface area contributed by atoms with E-state index in [-0.39, 0.29) is 12.6 Å². The van der Waals surface area contributed by atoms with E-state index >= 15 is 0 Å². The number of benzene rings is 2. The molecular formula is C44H60O6S2. The van der Waals surface area contributed by atoms with Crippen molar-refractivity contribution in [3.05, 3.63) is 82.3 Å². The van der Waals surface area contributed by atoms with Crippen LogP contribution in [-0.4, -0.2) is 46.2 Å². The highest BCUT2D eigenvalue weighted by Crippen LogP contribution is 2.38. The Morgan fingerprint density at radius 2 is 1.17 bits per heavy atom. The molecule has 0 aromatic heterocycles. The number of esters is 2. The number of allylic oxidation sites excluding steroid dienone is 1. The molecule has 0 saturated heterocycles. The monoisotopic (exact) mass is 748 g/mol. The molecule has 2 saturated carbocycles. The van der Waals surface area contributed by atoms with Crippen LogP contribution in [-0.2, 0) is 19.1 Å². The molecule has 0 bridgehead atoms. The lowest BCUT2D eigenvalue weighted by atomic mass is 9.96. The Kier molecular flexibility index (Phi) is 15.5. The number of thioether (sulfide) groups is 2. The predicted octanol–water partition coefficient (Wildman–Crippen LogP) is 11.7. The van der Waals surface area contributed by atoms with Crippen LogP contribution in [0.4, 0.5) is 0 Å². The maximum Gasteiger partial charge on any atom is 0.338 e. The fourth-order valence-corrected chi connectivity index (χ4v) is 9.53. The van der Waals surface area contributed by atoms with Crippen molar-refractivity contribution in [1.29, 1.82) is 0 Å². The summed E-state index contributed by atoms with van der Waals surface area (Å²) >= 11 is 3.78. The van der Waals surface area contributed by atoms with E-state index in [2.05, 4.69) is 65.1 Å². The van der Waals surface area contributed by atoms with E-state index in [9.17, 15) is 9.59 Å². The molecular weight excluding hydrogens is 689 g/mol. The Hall–Kier alpha value is -3.10. The van der Waals surface area contributed by atoms with Gasteiger partial charge in [-0.1, -0.05) is 51.7 Å². The summed E-state index contributed by atoms with van der Waals surface area (Å²) in [5.74, 6) is 3.19. The number of hydrogen-bond acceptors (Lipinski definition) is 8. The summed E-state index contributed by atoms with van der Waals surface area (Å²) in [6, 6.07) is 8.60. The van der Waals surface area contributed by atoms with Gasteiger partial charge in [-0.3, -0.25) is 0 Å². The van der Waals surface area contributed by atoms with Crippen molar-refractivity contribution in [2.75, 3.05) is 18.1 Å². The first-order chi connectivity index (χ1) is 24.7. The molecule has 2 aliphatic rings. The van der Waals surface area contributed by atoms with E-state index in [4.69, 9.17) is 18.9 Å². The van der Waals surface area contributed by atoms with Crippen LogP contribution in [0.2, 0.25) is 0 Å². The van der Waals surface area contributed by atoms with Crippen molar-refractivity contribution >= 4 is 35.5 Å². The molecule has 52 heavy (non-hydrogen) atoms. The largest absolute Gasteiger partial charge is 0.489 e. The van der Waals surface area contributed by atoms with Crippen LogP contribution in [0.3, 0.4) is 0 Å². The van der Waals surface area contributed by atoms with Crippen LogP contribution >= 0.6 is 23.5 Å². The Morgan fingerprint density at radius 1 is 0.712 bits per heavy atom. The van der Waals surface area contributed by atoms with E-state index in [1.807, 2.05) is 30.4 Å². The fraction of sp³-hybridized carbons (Fsp3) is 0.545. The minimum atomic E-state index is -0.789. The van der Waals surface area contributed by atoms with E-state index in [0.717, 1.165) is 44.9 Å². The lowest BCUT2D eigenvalue weighted by molar-refractivity contribution is -0.153. The zero-order valence-corrected chi connectivity index (χ0v) is 34.5. The molecule has 2 aromatic rings. The lowest BCUT2D eigenvalue weighted by Crippen LogP contribution is -2.41. The van der Waals surface area contributed by atoms with Gasteiger partial charge in [0.15, 0.2) is 11.4 Å².